The Balaban J connectivity index is 1.71. The normalized spacial score (nSPS) is 15.4. The van der Waals surface area contributed by atoms with Gasteiger partial charge >= 0.3 is 0 Å². The number of nitrogens with zero attached hydrogens (tertiary/aromatic N) is 6. The highest BCUT2D eigenvalue weighted by Gasteiger charge is 2.22. The zero-order valence-electron chi connectivity index (χ0n) is 10.8. The monoisotopic (exact) mass is 291 g/mol. The summed E-state index contributed by atoms with van der Waals surface area (Å²) in [5.74, 6) is 1.75. The molecule has 0 unspecified atom stereocenters. The van der Waals surface area contributed by atoms with Crippen molar-refractivity contribution in [3.05, 3.63) is 29.8 Å². The van der Waals surface area contributed by atoms with Gasteiger partial charge in [0, 0.05) is 38.6 Å². The number of aromatic nitrogens is 4. The van der Waals surface area contributed by atoms with Crippen LogP contribution in [0.5, 0.6) is 0 Å². The van der Waals surface area contributed by atoms with Crippen LogP contribution in [-0.4, -0.2) is 46.1 Å². The molecule has 20 heavy (non-hydrogen) atoms. The van der Waals surface area contributed by atoms with Crippen LogP contribution in [0, 0.1) is 0 Å². The lowest BCUT2D eigenvalue weighted by molar-refractivity contribution is 0.634. The summed E-state index contributed by atoms with van der Waals surface area (Å²) in [4.78, 5) is 20.8. The smallest absolute Gasteiger partial charge is 0.225 e. The number of halogens is 1. The summed E-state index contributed by atoms with van der Waals surface area (Å²) in [6.45, 7) is 3.19. The van der Waals surface area contributed by atoms with Gasteiger partial charge in [-0.25, -0.2) is 19.9 Å². The van der Waals surface area contributed by atoms with Crippen LogP contribution in [0.1, 0.15) is 0 Å². The molecule has 1 aliphatic rings. The van der Waals surface area contributed by atoms with Crippen molar-refractivity contribution < 1.29 is 0 Å². The Morgan fingerprint density at radius 2 is 1.60 bits per heavy atom. The van der Waals surface area contributed by atoms with Gasteiger partial charge in [-0.2, -0.15) is 0 Å². The summed E-state index contributed by atoms with van der Waals surface area (Å²) in [7, 11) is 0. The van der Waals surface area contributed by atoms with E-state index in [1.807, 2.05) is 6.07 Å². The maximum Gasteiger partial charge on any atom is 0.225 e. The van der Waals surface area contributed by atoms with Gasteiger partial charge in [0.2, 0.25) is 5.95 Å². The Morgan fingerprint density at radius 1 is 0.950 bits per heavy atom. The van der Waals surface area contributed by atoms with E-state index in [1.54, 1.807) is 12.4 Å². The number of nitrogens with two attached hydrogens (primary N) is 1. The Morgan fingerprint density at radius 3 is 2.30 bits per heavy atom. The lowest BCUT2D eigenvalue weighted by atomic mass is 10.3. The van der Waals surface area contributed by atoms with Crippen LogP contribution in [0.3, 0.4) is 0 Å². The SMILES string of the molecule is Nc1ncnc(N2CCN(c3ncccn3)CC2)c1Cl. The van der Waals surface area contributed by atoms with Gasteiger partial charge < -0.3 is 15.5 Å². The van der Waals surface area contributed by atoms with Crippen LogP contribution in [0.25, 0.3) is 0 Å². The number of rotatable bonds is 2. The molecule has 8 heteroatoms. The Bertz CT molecular complexity index is 584. The van der Waals surface area contributed by atoms with Crippen LogP contribution >= 0.6 is 11.6 Å². The summed E-state index contributed by atoms with van der Waals surface area (Å²) in [5.41, 5.74) is 5.71. The van der Waals surface area contributed by atoms with Crippen LogP contribution in [0.15, 0.2) is 24.8 Å². The van der Waals surface area contributed by atoms with Crippen LogP contribution in [0.2, 0.25) is 5.02 Å². The topological polar surface area (TPSA) is 84.1 Å². The molecule has 3 heterocycles. The second-order valence-corrected chi connectivity index (χ2v) is 4.80. The zero-order valence-corrected chi connectivity index (χ0v) is 11.5. The third kappa shape index (κ3) is 2.44. The molecule has 104 valence electrons. The van der Waals surface area contributed by atoms with E-state index in [4.69, 9.17) is 17.3 Å². The van der Waals surface area contributed by atoms with Crippen molar-refractivity contribution in [2.45, 2.75) is 0 Å². The van der Waals surface area contributed by atoms with Gasteiger partial charge in [-0.05, 0) is 6.07 Å². The standard InChI is InChI=1S/C12H14ClN7/c13-9-10(14)17-8-18-11(9)19-4-6-20(7-5-19)12-15-2-1-3-16-12/h1-3,8H,4-7H2,(H2,14,17,18). The second-order valence-electron chi connectivity index (χ2n) is 4.42. The fourth-order valence-corrected chi connectivity index (χ4v) is 2.38. The van der Waals surface area contributed by atoms with Crippen molar-refractivity contribution in [3.8, 4) is 0 Å². The summed E-state index contributed by atoms with van der Waals surface area (Å²) in [6, 6.07) is 1.81. The molecule has 1 fully saturated rings. The van der Waals surface area contributed by atoms with Gasteiger partial charge in [0.1, 0.15) is 17.2 Å². The lowest BCUT2D eigenvalue weighted by Crippen LogP contribution is -2.47. The first-order valence-corrected chi connectivity index (χ1v) is 6.66. The summed E-state index contributed by atoms with van der Waals surface area (Å²) < 4.78 is 0. The molecule has 1 saturated heterocycles. The summed E-state index contributed by atoms with van der Waals surface area (Å²) >= 11 is 6.15. The number of hydrogen-bond acceptors (Lipinski definition) is 7. The average Bonchev–Trinajstić information content (AvgIpc) is 2.51. The van der Waals surface area contributed by atoms with Crippen molar-refractivity contribution in [1.82, 2.24) is 19.9 Å². The molecule has 0 atom stereocenters. The third-order valence-electron chi connectivity index (χ3n) is 3.21. The molecular formula is C12H14ClN7. The molecule has 2 aromatic rings. The first-order valence-electron chi connectivity index (χ1n) is 6.28. The molecule has 0 saturated carbocycles. The fraction of sp³-hybridized carbons (Fsp3) is 0.333. The molecule has 0 bridgehead atoms. The molecule has 0 spiro atoms. The van der Waals surface area contributed by atoms with E-state index in [9.17, 15) is 0 Å². The molecule has 1 aliphatic heterocycles. The molecule has 0 radical (unpaired) electrons. The average molecular weight is 292 g/mol. The first-order chi connectivity index (χ1) is 9.75. The first kappa shape index (κ1) is 12.9. The van der Waals surface area contributed by atoms with Gasteiger partial charge in [0.05, 0.1) is 0 Å². The minimum absolute atomic E-state index is 0.311. The Hall–Kier alpha value is -2.15. The maximum atomic E-state index is 6.15. The molecule has 7 nitrogen and oxygen atoms in total. The van der Waals surface area contributed by atoms with E-state index < -0.39 is 0 Å². The van der Waals surface area contributed by atoms with Gasteiger partial charge in [-0.3, -0.25) is 0 Å². The highest BCUT2D eigenvalue weighted by atomic mass is 35.5. The maximum absolute atomic E-state index is 6.15. The predicted molar refractivity (Wildman–Crippen MR) is 77.9 cm³/mol. The predicted octanol–water partition coefficient (Wildman–Crippen LogP) is 0.829. The largest absolute Gasteiger partial charge is 0.382 e. The van der Waals surface area contributed by atoms with Crippen molar-refractivity contribution in [2.24, 2.45) is 0 Å². The van der Waals surface area contributed by atoms with Crippen molar-refractivity contribution in [2.75, 3.05) is 41.7 Å². The molecule has 2 aromatic heterocycles. The van der Waals surface area contributed by atoms with Crippen LogP contribution in [0.4, 0.5) is 17.6 Å². The molecule has 0 amide bonds. The van der Waals surface area contributed by atoms with E-state index in [0.717, 1.165) is 32.1 Å². The van der Waals surface area contributed by atoms with Crippen molar-refractivity contribution >= 4 is 29.2 Å². The molecule has 0 aromatic carbocycles. The minimum atomic E-state index is 0.311. The van der Waals surface area contributed by atoms with Gasteiger partial charge in [0.25, 0.3) is 0 Å². The van der Waals surface area contributed by atoms with E-state index in [0.29, 0.717) is 16.7 Å². The fourth-order valence-electron chi connectivity index (χ4n) is 2.17. The molecule has 3 rings (SSSR count). The van der Waals surface area contributed by atoms with E-state index >= 15 is 0 Å². The highest BCUT2D eigenvalue weighted by molar-refractivity contribution is 6.35. The lowest BCUT2D eigenvalue weighted by Gasteiger charge is -2.35. The Kier molecular flexibility index (Phi) is 3.51. The minimum Gasteiger partial charge on any atom is -0.382 e. The van der Waals surface area contributed by atoms with Crippen molar-refractivity contribution in [3.63, 3.8) is 0 Å². The number of nitrogen functional groups attached to an aromatic ring is 1. The van der Waals surface area contributed by atoms with Gasteiger partial charge in [0.15, 0.2) is 5.82 Å². The molecule has 0 aliphatic carbocycles. The van der Waals surface area contributed by atoms with Gasteiger partial charge in [-0.15, -0.1) is 0 Å². The quantitative estimate of drug-likeness (QED) is 0.877. The zero-order chi connectivity index (χ0) is 13.9. The second kappa shape index (κ2) is 5.46. The van der Waals surface area contributed by atoms with Crippen LogP contribution < -0.4 is 15.5 Å². The molecule has 2 N–H and O–H groups in total. The number of hydrogen-bond donors (Lipinski definition) is 1. The van der Waals surface area contributed by atoms with Crippen molar-refractivity contribution in [1.29, 1.82) is 0 Å². The highest BCUT2D eigenvalue weighted by Crippen LogP contribution is 2.27. The Labute approximate surface area is 121 Å². The molecular weight excluding hydrogens is 278 g/mol. The summed E-state index contributed by atoms with van der Waals surface area (Å²) in [6.07, 6.45) is 4.93. The van der Waals surface area contributed by atoms with Crippen LogP contribution in [-0.2, 0) is 0 Å². The van der Waals surface area contributed by atoms with E-state index in [2.05, 4.69) is 29.7 Å². The number of piperazine rings is 1. The van der Waals surface area contributed by atoms with Gasteiger partial charge in [-0.1, -0.05) is 11.6 Å². The van der Waals surface area contributed by atoms with E-state index in [-0.39, 0.29) is 0 Å². The third-order valence-corrected chi connectivity index (χ3v) is 3.57. The summed E-state index contributed by atoms with van der Waals surface area (Å²) in [5, 5.41) is 0.414. The van der Waals surface area contributed by atoms with E-state index in [1.165, 1.54) is 6.33 Å². The number of anilines is 3.